The van der Waals surface area contributed by atoms with Crippen molar-refractivity contribution in [1.82, 2.24) is 5.01 Å². The molecule has 0 radical (unpaired) electrons. The second kappa shape index (κ2) is 10.2. The first-order valence-corrected chi connectivity index (χ1v) is 9.13. The Hall–Kier alpha value is -1.68. The Labute approximate surface area is 193 Å². The minimum atomic E-state index is -0.268. The summed E-state index contributed by atoms with van der Waals surface area (Å²) in [7, 11) is 1.60. The maximum absolute atomic E-state index is 12.8. The van der Waals surface area contributed by atoms with E-state index >= 15 is 0 Å². The number of hydrazone groups is 1. The Morgan fingerprint density at radius 2 is 2.04 bits per heavy atom. The summed E-state index contributed by atoms with van der Waals surface area (Å²) in [5.74, 6) is 1.04. The third-order valence-corrected chi connectivity index (χ3v) is 4.57. The molecular weight excluding hydrogens is 604 g/mol. The number of nitrogens with one attached hydrogen (secondary N) is 1. The summed E-state index contributed by atoms with van der Waals surface area (Å²) in [6, 6.07) is 10.2. The van der Waals surface area contributed by atoms with Gasteiger partial charge in [0, 0.05) is 43.2 Å². The number of methoxy groups -OCH3 is 1. The SMILES string of the molecule is CCOc1cc(C2=NN(C(=O)c3ccc([NH-])cc3Cl)CCC2)ccc1OC.[U]. The average Bonchev–Trinajstić information content (AvgIpc) is 2.68. The summed E-state index contributed by atoms with van der Waals surface area (Å²) in [6.45, 7) is 2.97. The van der Waals surface area contributed by atoms with Crippen LogP contribution in [0.3, 0.4) is 0 Å². The number of ether oxygens (including phenoxy) is 2. The van der Waals surface area contributed by atoms with E-state index in [4.69, 9.17) is 26.8 Å². The minimum Gasteiger partial charge on any atom is -0.699 e. The van der Waals surface area contributed by atoms with Crippen molar-refractivity contribution in [1.29, 1.82) is 0 Å². The van der Waals surface area contributed by atoms with Crippen LogP contribution >= 0.6 is 11.6 Å². The van der Waals surface area contributed by atoms with Gasteiger partial charge in [-0.15, -0.1) is 5.69 Å². The van der Waals surface area contributed by atoms with Crippen LogP contribution in [0, 0.1) is 31.1 Å². The normalized spacial score (nSPS) is 13.4. The molecule has 28 heavy (non-hydrogen) atoms. The van der Waals surface area contributed by atoms with E-state index < -0.39 is 0 Å². The van der Waals surface area contributed by atoms with Crippen molar-refractivity contribution in [3.05, 3.63) is 58.3 Å². The standard InChI is InChI=1S/C20H22ClN3O3.U/c1-3-27-19-11-13(6-9-18(19)26-2)17-5-4-10-24(23-17)20(25)15-8-7-14(22)12-16(15)21;/h6-9,11-12H,3-5,10H2,1-2H3,(H2,22,25);/p-1. The predicted molar refractivity (Wildman–Crippen MR) is 106 cm³/mol. The smallest absolute Gasteiger partial charge is 0.275 e. The van der Waals surface area contributed by atoms with Crippen molar-refractivity contribution >= 4 is 28.9 Å². The zero-order valence-corrected chi connectivity index (χ0v) is 20.7. The maximum atomic E-state index is 12.8. The molecule has 1 amide bonds. The van der Waals surface area contributed by atoms with Crippen LogP contribution in [0.5, 0.6) is 11.5 Å². The topological polar surface area (TPSA) is 74.9 Å². The first kappa shape index (κ1) is 22.6. The van der Waals surface area contributed by atoms with Crippen LogP contribution in [0.2, 0.25) is 5.02 Å². The van der Waals surface area contributed by atoms with Crippen LogP contribution in [0.1, 0.15) is 35.7 Å². The van der Waals surface area contributed by atoms with Crippen LogP contribution in [-0.4, -0.2) is 36.9 Å². The van der Waals surface area contributed by atoms with Gasteiger partial charge in [0.05, 0.1) is 30.0 Å². The summed E-state index contributed by atoms with van der Waals surface area (Å²) in [5, 5.41) is 6.25. The molecule has 1 aliphatic rings. The first-order chi connectivity index (χ1) is 13.0. The molecule has 0 bridgehead atoms. The van der Waals surface area contributed by atoms with Crippen molar-refractivity contribution in [2.24, 2.45) is 5.10 Å². The van der Waals surface area contributed by atoms with E-state index in [0.717, 1.165) is 24.1 Å². The van der Waals surface area contributed by atoms with Gasteiger partial charge >= 0.3 is 0 Å². The summed E-state index contributed by atoms with van der Waals surface area (Å²) in [5.41, 5.74) is 9.91. The van der Waals surface area contributed by atoms with Gasteiger partial charge < -0.3 is 15.2 Å². The fourth-order valence-electron chi connectivity index (χ4n) is 2.94. The Bertz CT molecular complexity index is 889. The fraction of sp³-hybridized carbons (Fsp3) is 0.300. The molecule has 1 aliphatic heterocycles. The second-order valence-electron chi connectivity index (χ2n) is 6.07. The molecule has 146 valence electrons. The Balaban J connectivity index is 0.00000280. The number of halogens is 1. The molecule has 0 spiro atoms. The molecule has 0 atom stereocenters. The number of benzene rings is 2. The maximum Gasteiger partial charge on any atom is 0.275 e. The van der Waals surface area contributed by atoms with Crippen molar-refractivity contribution in [2.75, 3.05) is 20.3 Å². The monoisotopic (exact) mass is 624 g/mol. The van der Waals surface area contributed by atoms with Gasteiger partial charge in [0.15, 0.2) is 11.5 Å². The molecule has 0 aromatic heterocycles. The number of hydrogen-bond donors (Lipinski definition) is 0. The van der Waals surface area contributed by atoms with E-state index in [2.05, 4.69) is 5.10 Å². The van der Waals surface area contributed by atoms with Crippen molar-refractivity contribution < 1.29 is 45.4 Å². The molecule has 0 saturated heterocycles. The van der Waals surface area contributed by atoms with Gasteiger partial charge in [0.2, 0.25) is 0 Å². The van der Waals surface area contributed by atoms with Gasteiger partial charge in [-0.3, -0.25) is 4.79 Å². The molecule has 8 heteroatoms. The number of amides is 1. The molecule has 0 fully saturated rings. The predicted octanol–water partition coefficient (Wildman–Crippen LogP) is 5.07. The molecule has 0 unspecified atom stereocenters. The van der Waals surface area contributed by atoms with E-state index in [1.165, 1.54) is 11.1 Å². The van der Waals surface area contributed by atoms with Gasteiger partial charge in [-0.2, -0.15) is 5.10 Å². The summed E-state index contributed by atoms with van der Waals surface area (Å²) in [6.07, 6.45) is 1.57. The van der Waals surface area contributed by atoms with Crippen molar-refractivity contribution in [3.63, 3.8) is 0 Å². The van der Waals surface area contributed by atoms with Gasteiger partial charge in [0.25, 0.3) is 5.91 Å². The second-order valence-corrected chi connectivity index (χ2v) is 6.48. The Morgan fingerprint density at radius 3 is 2.71 bits per heavy atom. The van der Waals surface area contributed by atoms with Crippen LogP contribution in [0.15, 0.2) is 41.5 Å². The van der Waals surface area contributed by atoms with E-state index in [-0.39, 0.29) is 47.7 Å². The van der Waals surface area contributed by atoms with Crippen LogP contribution in [0.25, 0.3) is 5.73 Å². The number of rotatable bonds is 5. The molecule has 0 aliphatic carbocycles. The van der Waals surface area contributed by atoms with Gasteiger partial charge in [-0.05, 0) is 44.0 Å². The third-order valence-electron chi connectivity index (χ3n) is 4.26. The summed E-state index contributed by atoms with van der Waals surface area (Å²) in [4.78, 5) is 12.8. The Kier molecular flexibility index (Phi) is 8.24. The first-order valence-electron chi connectivity index (χ1n) is 8.75. The molecule has 6 nitrogen and oxygen atoms in total. The Morgan fingerprint density at radius 1 is 1.25 bits per heavy atom. The van der Waals surface area contributed by atoms with Crippen LogP contribution < -0.4 is 9.47 Å². The minimum absolute atomic E-state index is 0. The molecule has 2 aromatic carbocycles. The average molecular weight is 625 g/mol. The third kappa shape index (κ3) is 5.02. The fourth-order valence-corrected chi connectivity index (χ4v) is 3.20. The van der Waals surface area contributed by atoms with E-state index in [9.17, 15) is 4.79 Å². The molecule has 3 rings (SSSR count). The molecule has 1 heterocycles. The van der Waals surface area contributed by atoms with Crippen molar-refractivity contribution in [2.45, 2.75) is 19.8 Å². The number of carbonyl (C=O) groups is 1. The van der Waals surface area contributed by atoms with Gasteiger partial charge in [0.1, 0.15) is 0 Å². The van der Waals surface area contributed by atoms with Gasteiger partial charge in [-0.1, -0.05) is 23.7 Å². The zero-order valence-electron chi connectivity index (χ0n) is 15.8. The number of nitrogens with zero attached hydrogens (tertiary/aromatic N) is 2. The summed E-state index contributed by atoms with van der Waals surface area (Å²) < 4.78 is 11.0. The van der Waals surface area contributed by atoms with E-state index in [0.29, 0.717) is 30.2 Å². The summed E-state index contributed by atoms with van der Waals surface area (Å²) >= 11 is 6.14. The largest absolute Gasteiger partial charge is 0.699 e. The van der Waals surface area contributed by atoms with Crippen molar-refractivity contribution in [3.8, 4) is 11.5 Å². The molecule has 0 saturated carbocycles. The van der Waals surface area contributed by atoms with Crippen LogP contribution in [-0.2, 0) is 0 Å². The molecule has 1 N–H and O–H groups in total. The van der Waals surface area contributed by atoms with E-state index in [1.54, 1.807) is 19.2 Å². The number of hydrogen-bond acceptors (Lipinski definition) is 4. The molecular formula is C20H21ClN3O3U-. The van der Waals surface area contributed by atoms with E-state index in [1.807, 2.05) is 25.1 Å². The zero-order chi connectivity index (χ0) is 19.4. The van der Waals surface area contributed by atoms with Crippen LogP contribution in [0.4, 0.5) is 5.69 Å². The molecule has 2 aromatic rings. The van der Waals surface area contributed by atoms with Gasteiger partial charge in [-0.25, -0.2) is 5.01 Å². The number of carbonyl (C=O) groups excluding carboxylic acids is 1. The quantitative estimate of drug-likeness (QED) is 0.466.